The highest BCUT2D eigenvalue weighted by Gasteiger charge is 2.22. The molecule has 1 N–H and O–H groups in total. The Labute approximate surface area is 118 Å². The van der Waals surface area contributed by atoms with E-state index in [1.54, 1.807) is 38.1 Å². The zero-order valence-corrected chi connectivity index (χ0v) is 12.6. The molecule has 0 aliphatic carbocycles. The standard InChI is InChI=1S/C12H17ClN2O3S/c1-9(2)15(19(3,17)18)8-12(16)14-11-6-4-5-10(13)7-11/h4-7,9H,8H2,1-3H3,(H,14,16). The van der Waals surface area contributed by atoms with Crippen molar-refractivity contribution in [3.05, 3.63) is 29.3 Å². The van der Waals surface area contributed by atoms with E-state index in [-0.39, 0.29) is 12.6 Å². The molecule has 0 saturated heterocycles. The Kier molecular flexibility index (Phi) is 5.34. The number of nitrogens with one attached hydrogen (secondary N) is 1. The van der Waals surface area contributed by atoms with Gasteiger partial charge in [-0.15, -0.1) is 0 Å². The van der Waals surface area contributed by atoms with Gasteiger partial charge >= 0.3 is 0 Å². The molecular formula is C12H17ClN2O3S. The Morgan fingerprint density at radius 2 is 2.05 bits per heavy atom. The van der Waals surface area contributed by atoms with Gasteiger partial charge in [-0.05, 0) is 32.0 Å². The number of sulfonamides is 1. The molecular weight excluding hydrogens is 288 g/mol. The predicted octanol–water partition coefficient (Wildman–Crippen LogP) is 1.95. The van der Waals surface area contributed by atoms with Crippen LogP contribution in [0.2, 0.25) is 5.02 Å². The summed E-state index contributed by atoms with van der Waals surface area (Å²) >= 11 is 5.80. The molecule has 1 aromatic carbocycles. The first-order chi connectivity index (χ1) is 8.70. The van der Waals surface area contributed by atoms with E-state index in [9.17, 15) is 13.2 Å². The van der Waals surface area contributed by atoms with E-state index in [2.05, 4.69) is 5.32 Å². The van der Waals surface area contributed by atoms with Gasteiger partial charge in [0.25, 0.3) is 0 Å². The summed E-state index contributed by atoms with van der Waals surface area (Å²) in [7, 11) is -3.41. The molecule has 0 bridgehead atoms. The summed E-state index contributed by atoms with van der Waals surface area (Å²) in [5.41, 5.74) is 0.537. The molecule has 0 aliphatic heterocycles. The lowest BCUT2D eigenvalue weighted by Crippen LogP contribution is -2.41. The smallest absolute Gasteiger partial charge is 0.239 e. The third-order valence-corrected chi connectivity index (χ3v) is 4.05. The summed E-state index contributed by atoms with van der Waals surface area (Å²) in [6, 6.07) is 6.40. The van der Waals surface area contributed by atoms with Crippen LogP contribution in [0.3, 0.4) is 0 Å². The molecule has 1 amide bonds. The van der Waals surface area contributed by atoms with Crippen molar-refractivity contribution < 1.29 is 13.2 Å². The topological polar surface area (TPSA) is 66.5 Å². The zero-order chi connectivity index (χ0) is 14.6. The highest BCUT2D eigenvalue weighted by atomic mass is 35.5. The second-order valence-corrected chi connectivity index (χ2v) is 6.83. The van der Waals surface area contributed by atoms with Crippen LogP contribution < -0.4 is 5.32 Å². The molecule has 1 rings (SSSR count). The number of hydrogen-bond acceptors (Lipinski definition) is 3. The maximum atomic E-state index is 11.8. The highest BCUT2D eigenvalue weighted by molar-refractivity contribution is 7.88. The first-order valence-corrected chi connectivity index (χ1v) is 7.95. The van der Waals surface area contributed by atoms with Crippen molar-refractivity contribution in [1.82, 2.24) is 4.31 Å². The molecule has 0 heterocycles. The fourth-order valence-electron chi connectivity index (χ4n) is 1.59. The predicted molar refractivity (Wildman–Crippen MR) is 76.8 cm³/mol. The molecule has 0 aliphatic rings. The van der Waals surface area contributed by atoms with E-state index in [1.165, 1.54) is 0 Å². The minimum absolute atomic E-state index is 0.219. The monoisotopic (exact) mass is 304 g/mol. The third-order valence-electron chi connectivity index (χ3n) is 2.41. The van der Waals surface area contributed by atoms with Crippen LogP contribution in [0.1, 0.15) is 13.8 Å². The first kappa shape index (κ1) is 15.9. The van der Waals surface area contributed by atoms with Crippen molar-refractivity contribution in [3.8, 4) is 0 Å². The van der Waals surface area contributed by atoms with Crippen LogP contribution in [0.25, 0.3) is 0 Å². The number of halogens is 1. The molecule has 0 aromatic heterocycles. The zero-order valence-electron chi connectivity index (χ0n) is 11.1. The molecule has 0 atom stereocenters. The van der Waals surface area contributed by atoms with Crippen molar-refractivity contribution in [2.75, 3.05) is 18.1 Å². The number of hydrogen-bond donors (Lipinski definition) is 1. The van der Waals surface area contributed by atoms with Crippen LogP contribution >= 0.6 is 11.6 Å². The van der Waals surface area contributed by atoms with Gasteiger partial charge in [0.15, 0.2) is 0 Å². The summed E-state index contributed by atoms with van der Waals surface area (Å²) in [4.78, 5) is 11.8. The van der Waals surface area contributed by atoms with E-state index in [4.69, 9.17) is 11.6 Å². The maximum Gasteiger partial charge on any atom is 0.239 e. The number of nitrogens with zero attached hydrogens (tertiary/aromatic N) is 1. The van der Waals surface area contributed by atoms with Gasteiger partial charge in [0.2, 0.25) is 15.9 Å². The average molecular weight is 305 g/mol. The molecule has 0 saturated carbocycles. The quantitative estimate of drug-likeness (QED) is 0.904. The largest absolute Gasteiger partial charge is 0.325 e. The van der Waals surface area contributed by atoms with E-state index in [0.717, 1.165) is 10.6 Å². The Morgan fingerprint density at radius 1 is 1.42 bits per heavy atom. The lowest BCUT2D eigenvalue weighted by molar-refractivity contribution is -0.116. The molecule has 0 radical (unpaired) electrons. The fraction of sp³-hybridized carbons (Fsp3) is 0.417. The minimum atomic E-state index is -3.41. The highest BCUT2D eigenvalue weighted by Crippen LogP contribution is 2.15. The summed E-state index contributed by atoms with van der Waals surface area (Å²) in [5, 5.41) is 3.11. The molecule has 7 heteroatoms. The lowest BCUT2D eigenvalue weighted by atomic mass is 10.3. The molecule has 0 fully saturated rings. The molecule has 19 heavy (non-hydrogen) atoms. The fourth-order valence-corrected chi connectivity index (χ4v) is 2.90. The van der Waals surface area contributed by atoms with Gasteiger partial charge in [-0.2, -0.15) is 4.31 Å². The van der Waals surface area contributed by atoms with E-state index in [1.807, 2.05) is 0 Å². The SMILES string of the molecule is CC(C)N(CC(=O)Nc1cccc(Cl)c1)S(C)(=O)=O. The summed E-state index contributed by atoms with van der Waals surface area (Å²) in [6.45, 7) is 3.21. The third kappa shape index (κ3) is 5.18. The van der Waals surface area contributed by atoms with Gasteiger partial charge in [0, 0.05) is 16.8 Å². The van der Waals surface area contributed by atoms with Crippen molar-refractivity contribution in [1.29, 1.82) is 0 Å². The first-order valence-electron chi connectivity index (χ1n) is 5.72. The summed E-state index contributed by atoms with van der Waals surface area (Å²) < 4.78 is 24.2. The van der Waals surface area contributed by atoms with Crippen LogP contribution in [-0.2, 0) is 14.8 Å². The second kappa shape index (κ2) is 6.36. The Hall–Kier alpha value is -1.11. The van der Waals surface area contributed by atoms with Gasteiger partial charge in [-0.1, -0.05) is 17.7 Å². The van der Waals surface area contributed by atoms with Crippen LogP contribution in [0, 0.1) is 0 Å². The van der Waals surface area contributed by atoms with Crippen molar-refractivity contribution >= 4 is 33.2 Å². The number of amides is 1. The normalized spacial score (nSPS) is 11.9. The number of anilines is 1. The van der Waals surface area contributed by atoms with Gasteiger partial charge < -0.3 is 5.32 Å². The van der Waals surface area contributed by atoms with Crippen LogP contribution in [0.4, 0.5) is 5.69 Å². The summed E-state index contributed by atoms with van der Waals surface area (Å²) in [5.74, 6) is -0.401. The molecule has 0 spiro atoms. The van der Waals surface area contributed by atoms with Gasteiger partial charge in [0.05, 0.1) is 12.8 Å². The van der Waals surface area contributed by atoms with Crippen LogP contribution in [-0.4, -0.2) is 37.5 Å². The van der Waals surface area contributed by atoms with Gasteiger partial charge in [-0.3, -0.25) is 4.79 Å². The minimum Gasteiger partial charge on any atom is -0.325 e. The second-order valence-electron chi connectivity index (χ2n) is 4.46. The van der Waals surface area contributed by atoms with E-state index in [0.29, 0.717) is 10.7 Å². The lowest BCUT2D eigenvalue weighted by Gasteiger charge is -2.23. The van der Waals surface area contributed by atoms with Gasteiger partial charge in [-0.25, -0.2) is 8.42 Å². The van der Waals surface area contributed by atoms with Crippen molar-refractivity contribution in [3.63, 3.8) is 0 Å². The van der Waals surface area contributed by atoms with Crippen LogP contribution in [0.5, 0.6) is 0 Å². The molecule has 5 nitrogen and oxygen atoms in total. The van der Waals surface area contributed by atoms with E-state index < -0.39 is 15.9 Å². The Balaban J connectivity index is 2.74. The maximum absolute atomic E-state index is 11.8. The Morgan fingerprint density at radius 3 is 2.53 bits per heavy atom. The number of rotatable bonds is 5. The Bertz CT molecular complexity index is 558. The number of carbonyl (C=O) groups excluding carboxylic acids is 1. The van der Waals surface area contributed by atoms with E-state index >= 15 is 0 Å². The summed E-state index contributed by atoms with van der Waals surface area (Å²) in [6.07, 6.45) is 1.08. The molecule has 0 unspecified atom stereocenters. The number of benzene rings is 1. The molecule has 106 valence electrons. The molecule has 1 aromatic rings. The van der Waals surface area contributed by atoms with Crippen LogP contribution in [0.15, 0.2) is 24.3 Å². The van der Waals surface area contributed by atoms with Gasteiger partial charge in [0.1, 0.15) is 0 Å². The van der Waals surface area contributed by atoms with Crippen molar-refractivity contribution in [2.24, 2.45) is 0 Å². The number of carbonyl (C=O) groups is 1. The van der Waals surface area contributed by atoms with Crippen molar-refractivity contribution in [2.45, 2.75) is 19.9 Å². The average Bonchev–Trinajstić information content (AvgIpc) is 2.24.